The minimum absolute atomic E-state index is 0.155. The molecule has 1 aromatic carbocycles. The van der Waals surface area contributed by atoms with Gasteiger partial charge in [0.25, 0.3) is 0 Å². The molecule has 0 bridgehead atoms. The Balaban J connectivity index is 2.63. The van der Waals surface area contributed by atoms with Gasteiger partial charge in [-0.05, 0) is 26.8 Å². The van der Waals surface area contributed by atoms with Crippen molar-refractivity contribution in [3.8, 4) is 11.3 Å². The van der Waals surface area contributed by atoms with Crippen molar-refractivity contribution in [1.29, 1.82) is 0 Å². The van der Waals surface area contributed by atoms with Crippen molar-refractivity contribution >= 4 is 21.8 Å². The Morgan fingerprint density at radius 1 is 1.12 bits per heavy atom. The lowest BCUT2D eigenvalue weighted by Gasteiger charge is -2.21. The van der Waals surface area contributed by atoms with E-state index in [1.54, 1.807) is 70.1 Å². The Morgan fingerprint density at radius 2 is 1.75 bits per heavy atom. The van der Waals surface area contributed by atoms with Crippen molar-refractivity contribution in [2.75, 3.05) is 24.7 Å². The molecule has 0 radical (unpaired) electrons. The molecular formula is C16H23N5O2S. The van der Waals surface area contributed by atoms with Crippen LogP contribution < -0.4 is 15.4 Å². The van der Waals surface area contributed by atoms with Gasteiger partial charge in [-0.2, -0.15) is 4.98 Å². The van der Waals surface area contributed by atoms with E-state index in [4.69, 9.17) is 5.73 Å². The van der Waals surface area contributed by atoms with Crippen LogP contribution in [0.3, 0.4) is 0 Å². The van der Waals surface area contributed by atoms with Crippen molar-refractivity contribution in [3.05, 3.63) is 30.3 Å². The van der Waals surface area contributed by atoms with E-state index >= 15 is 0 Å². The van der Waals surface area contributed by atoms with E-state index < -0.39 is 15.6 Å². The van der Waals surface area contributed by atoms with E-state index in [1.165, 1.54) is 0 Å². The second-order valence-corrected chi connectivity index (χ2v) is 8.37. The first-order chi connectivity index (χ1) is 11.0. The van der Waals surface area contributed by atoms with E-state index in [-0.39, 0.29) is 10.7 Å². The molecule has 0 atom stereocenters. The van der Waals surface area contributed by atoms with E-state index in [2.05, 4.69) is 14.7 Å². The zero-order chi connectivity index (χ0) is 18.1. The lowest BCUT2D eigenvalue weighted by molar-refractivity contribution is 0.491. The van der Waals surface area contributed by atoms with Crippen LogP contribution in [0.2, 0.25) is 0 Å². The number of sulfonamides is 1. The summed E-state index contributed by atoms with van der Waals surface area (Å²) in [7, 11) is -0.120. The van der Waals surface area contributed by atoms with Gasteiger partial charge in [0.05, 0.1) is 10.6 Å². The molecule has 0 saturated heterocycles. The molecule has 0 aliphatic rings. The van der Waals surface area contributed by atoms with Gasteiger partial charge in [-0.3, -0.25) is 0 Å². The van der Waals surface area contributed by atoms with Gasteiger partial charge in [-0.15, -0.1) is 0 Å². The first-order valence-electron chi connectivity index (χ1n) is 7.45. The van der Waals surface area contributed by atoms with E-state index in [0.29, 0.717) is 17.2 Å². The maximum atomic E-state index is 12.7. The van der Waals surface area contributed by atoms with Crippen molar-refractivity contribution in [3.63, 3.8) is 0 Å². The number of anilines is 2. The average molecular weight is 349 g/mol. The van der Waals surface area contributed by atoms with Crippen LogP contribution in [0.5, 0.6) is 0 Å². The maximum Gasteiger partial charge on any atom is 0.241 e. The fourth-order valence-electron chi connectivity index (χ4n) is 2.16. The first kappa shape index (κ1) is 18.2. The molecule has 8 heteroatoms. The molecule has 0 aliphatic carbocycles. The molecule has 130 valence electrons. The van der Waals surface area contributed by atoms with Crippen LogP contribution in [0, 0.1) is 0 Å². The Kier molecular flexibility index (Phi) is 4.82. The summed E-state index contributed by atoms with van der Waals surface area (Å²) in [6, 6.07) is 8.27. The van der Waals surface area contributed by atoms with Crippen LogP contribution in [-0.2, 0) is 10.0 Å². The number of nitrogens with two attached hydrogens (primary N) is 1. The Hall–Kier alpha value is -2.19. The third kappa shape index (κ3) is 4.21. The van der Waals surface area contributed by atoms with E-state index in [9.17, 15) is 8.42 Å². The first-order valence-corrected chi connectivity index (χ1v) is 8.93. The summed E-state index contributed by atoms with van der Waals surface area (Å²) < 4.78 is 28.2. The largest absolute Gasteiger partial charge is 0.384 e. The van der Waals surface area contributed by atoms with Crippen LogP contribution in [-0.4, -0.2) is 38.0 Å². The molecule has 24 heavy (non-hydrogen) atoms. The second-order valence-electron chi connectivity index (χ2n) is 6.72. The molecule has 0 spiro atoms. The van der Waals surface area contributed by atoms with E-state index in [1.807, 2.05) is 0 Å². The van der Waals surface area contributed by atoms with Crippen LogP contribution in [0.1, 0.15) is 20.8 Å². The number of aromatic nitrogens is 2. The summed E-state index contributed by atoms with van der Waals surface area (Å²) in [4.78, 5) is 10.4. The number of rotatable bonds is 4. The fourth-order valence-corrected chi connectivity index (χ4v) is 3.80. The van der Waals surface area contributed by atoms with Gasteiger partial charge in [0.2, 0.25) is 16.0 Å². The maximum absolute atomic E-state index is 12.7. The fraction of sp³-hybridized carbons (Fsp3) is 0.375. The molecule has 0 saturated carbocycles. The summed E-state index contributed by atoms with van der Waals surface area (Å²) in [5.74, 6) is 0.695. The highest BCUT2D eigenvalue weighted by atomic mass is 32.2. The van der Waals surface area contributed by atoms with Crippen LogP contribution in [0.25, 0.3) is 11.3 Å². The highest BCUT2D eigenvalue weighted by Crippen LogP contribution is 2.28. The summed E-state index contributed by atoms with van der Waals surface area (Å²) >= 11 is 0. The molecule has 0 amide bonds. The smallest absolute Gasteiger partial charge is 0.241 e. The monoisotopic (exact) mass is 349 g/mol. The molecule has 7 nitrogen and oxygen atoms in total. The third-order valence-corrected chi connectivity index (χ3v) is 4.84. The molecule has 2 aromatic rings. The third-order valence-electron chi connectivity index (χ3n) is 3.03. The molecular weight excluding hydrogens is 326 g/mol. The van der Waals surface area contributed by atoms with Crippen molar-refractivity contribution in [2.45, 2.75) is 31.2 Å². The highest BCUT2D eigenvalue weighted by Gasteiger charge is 2.25. The van der Waals surface area contributed by atoms with Crippen LogP contribution in [0.15, 0.2) is 35.2 Å². The van der Waals surface area contributed by atoms with E-state index in [0.717, 1.165) is 0 Å². The standard InChI is InChI=1S/C16H23N5O2S/c1-16(2,3)20-24(22,23)13-9-7-6-8-11(13)12-10-14(17)19-15(18-12)21(4)5/h6-10,20H,1-5H3,(H2,17,18,19). The zero-order valence-electron chi connectivity index (χ0n) is 14.5. The summed E-state index contributed by atoms with van der Waals surface area (Å²) in [5, 5.41) is 0. The molecule has 0 aliphatic heterocycles. The highest BCUT2D eigenvalue weighted by molar-refractivity contribution is 7.89. The predicted octanol–water partition coefficient (Wildman–Crippen LogP) is 1.87. The normalized spacial score (nSPS) is 12.2. The van der Waals surface area contributed by atoms with Gasteiger partial charge in [0.1, 0.15) is 5.82 Å². The molecule has 2 rings (SSSR count). The predicted molar refractivity (Wildman–Crippen MR) is 96.3 cm³/mol. The molecule has 3 N–H and O–H groups in total. The molecule has 0 fully saturated rings. The number of nitrogens with zero attached hydrogens (tertiary/aromatic N) is 3. The van der Waals surface area contributed by atoms with Gasteiger partial charge in [-0.1, -0.05) is 18.2 Å². The molecule has 0 unspecified atom stereocenters. The van der Waals surface area contributed by atoms with Crippen molar-refractivity contribution < 1.29 is 8.42 Å². The van der Waals surface area contributed by atoms with Gasteiger partial charge in [0, 0.05) is 31.3 Å². The van der Waals surface area contributed by atoms with Gasteiger partial charge < -0.3 is 10.6 Å². The minimum Gasteiger partial charge on any atom is -0.384 e. The second kappa shape index (κ2) is 6.37. The van der Waals surface area contributed by atoms with Gasteiger partial charge >= 0.3 is 0 Å². The summed E-state index contributed by atoms with van der Waals surface area (Å²) in [5.41, 5.74) is 6.20. The minimum atomic E-state index is -3.71. The number of nitrogen functional groups attached to an aromatic ring is 1. The average Bonchev–Trinajstić information content (AvgIpc) is 2.44. The van der Waals surface area contributed by atoms with Gasteiger partial charge in [-0.25, -0.2) is 18.1 Å². The summed E-state index contributed by atoms with van der Waals surface area (Å²) in [6.07, 6.45) is 0. The quantitative estimate of drug-likeness (QED) is 0.874. The van der Waals surface area contributed by atoms with Crippen molar-refractivity contribution in [2.24, 2.45) is 0 Å². The van der Waals surface area contributed by atoms with Crippen LogP contribution >= 0.6 is 0 Å². The summed E-state index contributed by atoms with van der Waals surface area (Å²) in [6.45, 7) is 5.37. The Labute approximate surface area is 143 Å². The molecule has 1 heterocycles. The number of benzene rings is 1. The number of hydrogen-bond acceptors (Lipinski definition) is 6. The lowest BCUT2D eigenvalue weighted by atomic mass is 10.1. The zero-order valence-corrected chi connectivity index (χ0v) is 15.3. The molecule has 1 aromatic heterocycles. The topological polar surface area (TPSA) is 101 Å². The van der Waals surface area contributed by atoms with Crippen LogP contribution in [0.4, 0.5) is 11.8 Å². The number of nitrogens with one attached hydrogen (secondary N) is 1. The number of hydrogen-bond donors (Lipinski definition) is 2. The Bertz CT molecular complexity index is 842. The van der Waals surface area contributed by atoms with Gasteiger partial charge in [0.15, 0.2) is 0 Å². The lowest BCUT2D eigenvalue weighted by Crippen LogP contribution is -2.40. The van der Waals surface area contributed by atoms with Crippen molar-refractivity contribution in [1.82, 2.24) is 14.7 Å². The SMILES string of the molecule is CN(C)c1nc(N)cc(-c2ccccc2S(=O)(=O)NC(C)(C)C)n1. The Morgan fingerprint density at radius 3 is 2.33 bits per heavy atom.